The molecule has 1 unspecified atom stereocenters. The summed E-state index contributed by atoms with van der Waals surface area (Å²) in [4.78, 5) is 27.5. The Morgan fingerprint density at radius 2 is 1.91 bits per heavy atom. The molecule has 0 amide bonds. The Morgan fingerprint density at radius 3 is 2.62 bits per heavy atom. The number of ether oxygens (including phenoxy) is 1. The summed E-state index contributed by atoms with van der Waals surface area (Å²) in [5, 5.41) is 31.5. The van der Waals surface area contributed by atoms with Crippen molar-refractivity contribution in [3.63, 3.8) is 0 Å². The summed E-state index contributed by atoms with van der Waals surface area (Å²) in [5.74, 6) is -1.04. The number of hydrogen-bond donors (Lipinski definition) is 1. The van der Waals surface area contributed by atoms with Crippen LogP contribution in [0.4, 0.5) is 5.13 Å². The first-order chi connectivity index (χ1) is 16.2. The molecular weight excluding hydrogens is 458 g/mol. The zero-order valence-electron chi connectivity index (χ0n) is 19.1. The van der Waals surface area contributed by atoms with Crippen LogP contribution in [0.3, 0.4) is 0 Å². The molecule has 4 heterocycles. The minimum absolute atomic E-state index is 0.241. The van der Waals surface area contributed by atoms with Crippen molar-refractivity contribution in [2.45, 2.75) is 51.7 Å². The van der Waals surface area contributed by atoms with Crippen molar-refractivity contribution in [1.82, 2.24) is 30.4 Å². The topological polar surface area (TPSA) is 136 Å². The van der Waals surface area contributed by atoms with Crippen LogP contribution >= 0.6 is 11.3 Å². The molecule has 1 N–H and O–H groups in total. The van der Waals surface area contributed by atoms with E-state index >= 15 is 0 Å². The summed E-state index contributed by atoms with van der Waals surface area (Å²) in [6, 6.07) is 6.66. The third-order valence-electron chi connectivity index (χ3n) is 6.32. The normalized spacial score (nSPS) is 18.4. The number of esters is 1. The molecule has 1 saturated heterocycles. The van der Waals surface area contributed by atoms with Crippen LogP contribution in [-0.4, -0.2) is 66.1 Å². The highest BCUT2D eigenvalue weighted by molar-refractivity contribution is 7.18. The molecule has 0 aliphatic carbocycles. The van der Waals surface area contributed by atoms with Crippen molar-refractivity contribution in [2.24, 2.45) is 5.41 Å². The molecule has 178 valence electrons. The number of nitrogens with zero attached hydrogens (tertiary/aromatic N) is 7. The van der Waals surface area contributed by atoms with Gasteiger partial charge in [0.2, 0.25) is 11.0 Å². The second kappa shape index (κ2) is 8.12. The second-order valence-electron chi connectivity index (χ2n) is 9.82. The molecule has 0 bridgehead atoms. The number of aliphatic carboxylic acids is 1. The maximum absolute atomic E-state index is 12.5. The van der Waals surface area contributed by atoms with Crippen molar-refractivity contribution in [2.75, 3.05) is 18.0 Å². The van der Waals surface area contributed by atoms with Gasteiger partial charge in [-0.2, -0.15) is 0 Å². The Balaban J connectivity index is 1.29. The maximum atomic E-state index is 12.5. The molecule has 1 atom stereocenters. The van der Waals surface area contributed by atoms with Crippen molar-refractivity contribution < 1.29 is 19.4 Å². The van der Waals surface area contributed by atoms with E-state index in [0.717, 1.165) is 16.8 Å². The molecule has 11 nitrogen and oxygen atoms in total. The molecule has 0 saturated carbocycles. The van der Waals surface area contributed by atoms with Crippen LogP contribution < -0.4 is 4.90 Å². The maximum Gasteiger partial charge on any atom is 0.338 e. The zero-order chi connectivity index (χ0) is 24.1. The highest BCUT2D eigenvalue weighted by Crippen LogP contribution is 2.38. The monoisotopic (exact) mass is 483 g/mol. The molecule has 34 heavy (non-hydrogen) atoms. The lowest BCUT2D eigenvalue weighted by atomic mass is 9.82. The van der Waals surface area contributed by atoms with Crippen molar-refractivity contribution in [3.8, 4) is 10.8 Å². The van der Waals surface area contributed by atoms with Crippen molar-refractivity contribution >= 4 is 28.4 Å². The van der Waals surface area contributed by atoms with Gasteiger partial charge in [0.15, 0.2) is 11.0 Å². The van der Waals surface area contributed by atoms with Crippen LogP contribution in [0.15, 0.2) is 24.3 Å². The molecule has 2 aliphatic rings. The van der Waals surface area contributed by atoms with Gasteiger partial charge in [0.1, 0.15) is 5.60 Å². The van der Waals surface area contributed by atoms with E-state index in [9.17, 15) is 14.7 Å². The number of tetrazole rings is 1. The largest absolute Gasteiger partial charge is 0.480 e. The van der Waals surface area contributed by atoms with Gasteiger partial charge in [-0.25, -0.2) is 9.59 Å². The molecule has 2 aromatic heterocycles. The van der Waals surface area contributed by atoms with Crippen LogP contribution in [0.25, 0.3) is 10.8 Å². The molecule has 5 rings (SSSR count). The molecule has 3 aromatic rings. The Hall–Kier alpha value is -3.41. The Bertz CT molecular complexity index is 1240. The number of carboxylic acid groups (broad SMARTS) is 1. The van der Waals surface area contributed by atoms with E-state index in [1.54, 1.807) is 0 Å². The summed E-state index contributed by atoms with van der Waals surface area (Å²) >= 11 is 1.33. The van der Waals surface area contributed by atoms with Crippen LogP contribution in [0.5, 0.6) is 0 Å². The Labute approximate surface area is 199 Å². The number of carboxylic acids is 1. The van der Waals surface area contributed by atoms with Gasteiger partial charge in [-0.3, -0.25) is 0 Å². The fourth-order valence-corrected chi connectivity index (χ4v) is 5.38. The summed E-state index contributed by atoms with van der Waals surface area (Å²) in [7, 11) is 0. The van der Waals surface area contributed by atoms with E-state index in [-0.39, 0.29) is 11.8 Å². The van der Waals surface area contributed by atoms with E-state index in [1.165, 1.54) is 11.3 Å². The average Bonchev–Trinajstić information content (AvgIpc) is 3.43. The number of benzene rings is 1. The van der Waals surface area contributed by atoms with Crippen LogP contribution in [0, 0.1) is 5.41 Å². The Kier molecular flexibility index (Phi) is 5.34. The highest BCUT2D eigenvalue weighted by Gasteiger charge is 2.43. The van der Waals surface area contributed by atoms with E-state index in [2.05, 4.69) is 30.5 Å². The molecule has 12 heteroatoms. The molecule has 1 spiro atoms. The number of hydrogen-bond acceptors (Lipinski definition) is 10. The number of rotatable bonds is 4. The first kappa shape index (κ1) is 22.4. The van der Waals surface area contributed by atoms with Gasteiger partial charge >= 0.3 is 11.9 Å². The number of fused-ring (bicyclic) bond motifs is 1. The zero-order valence-corrected chi connectivity index (χ0v) is 19.9. The lowest BCUT2D eigenvalue weighted by molar-refractivity contribution is -0.145. The van der Waals surface area contributed by atoms with Crippen LogP contribution in [0.1, 0.15) is 55.6 Å². The summed E-state index contributed by atoms with van der Waals surface area (Å²) in [6.07, 6.45) is 2.11. The third kappa shape index (κ3) is 4.02. The lowest BCUT2D eigenvalue weighted by Crippen LogP contribution is -2.50. The summed E-state index contributed by atoms with van der Waals surface area (Å²) < 4.78 is 5.89. The minimum Gasteiger partial charge on any atom is -0.480 e. The molecular formula is C22H25N7O4S. The minimum atomic E-state index is -1.03. The fourth-order valence-electron chi connectivity index (χ4n) is 4.56. The molecule has 0 radical (unpaired) electrons. The van der Waals surface area contributed by atoms with E-state index in [0.29, 0.717) is 41.6 Å². The van der Waals surface area contributed by atoms with Gasteiger partial charge in [-0.05, 0) is 22.3 Å². The smallest absolute Gasteiger partial charge is 0.338 e. The summed E-state index contributed by atoms with van der Waals surface area (Å²) in [5.41, 5.74) is 0.609. The van der Waals surface area contributed by atoms with Crippen molar-refractivity contribution in [3.05, 3.63) is 35.4 Å². The molecule has 1 fully saturated rings. The first-order valence-electron chi connectivity index (χ1n) is 11.1. The third-order valence-corrected chi connectivity index (χ3v) is 7.30. The van der Waals surface area contributed by atoms with Gasteiger partial charge < -0.3 is 14.7 Å². The highest BCUT2D eigenvalue weighted by atomic mass is 32.1. The van der Waals surface area contributed by atoms with Gasteiger partial charge in [-0.15, -0.1) is 25.2 Å². The number of carbonyl (C=O) groups is 2. The van der Waals surface area contributed by atoms with E-state index < -0.39 is 23.0 Å². The van der Waals surface area contributed by atoms with Crippen molar-refractivity contribution in [1.29, 1.82) is 0 Å². The number of carbonyl (C=O) groups excluding carboxylic acids is 1. The van der Waals surface area contributed by atoms with Gasteiger partial charge in [0.05, 0.1) is 5.56 Å². The van der Waals surface area contributed by atoms with Gasteiger partial charge in [0, 0.05) is 32.4 Å². The predicted octanol–water partition coefficient (Wildman–Crippen LogP) is 2.62. The quantitative estimate of drug-likeness (QED) is 0.551. The van der Waals surface area contributed by atoms with Crippen LogP contribution in [0.2, 0.25) is 0 Å². The SMILES string of the molecule is CC(C)(C)C(C(=O)O)n1nnc(-c2nnc(N3CCC4(CC3)Cc3ccccc3C(=O)O4)s2)n1. The number of anilines is 1. The predicted molar refractivity (Wildman–Crippen MR) is 123 cm³/mol. The number of aromatic nitrogens is 6. The lowest BCUT2D eigenvalue weighted by Gasteiger charge is -2.43. The van der Waals surface area contributed by atoms with Gasteiger partial charge in [-0.1, -0.05) is 50.3 Å². The Morgan fingerprint density at radius 1 is 1.18 bits per heavy atom. The molecule has 1 aromatic carbocycles. The van der Waals surface area contributed by atoms with E-state index in [1.807, 2.05) is 45.0 Å². The van der Waals surface area contributed by atoms with Gasteiger partial charge in [0.25, 0.3) is 0 Å². The molecule has 2 aliphatic heterocycles. The standard InChI is InChI=1S/C22H25N7O4S/c1-21(2,3)15(18(30)31)29-26-16(23-27-29)17-24-25-20(34-17)28-10-8-22(9-11-28)12-13-6-4-5-7-14(13)19(32)33-22/h4-7,15H,8-12H2,1-3H3,(H,30,31). The fraction of sp³-hybridized carbons (Fsp3) is 0.500. The first-order valence-corrected chi connectivity index (χ1v) is 11.9. The van der Waals surface area contributed by atoms with Crippen LogP contribution in [-0.2, 0) is 16.0 Å². The average molecular weight is 484 g/mol. The summed E-state index contributed by atoms with van der Waals surface area (Å²) in [6.45, 7) is 6.78. The van der Waals surface area contributed by atoms with E-state index in [4.69, 9.17) is 4.74 Å². The number of piperidine rings is 1. The second-order valence-corrected chi connectivity index (χ2v) is 10.8.